The summed E-state index contributed by atoms with van der Waals surface area (Å²) in [6, 6.07) is 17.0. The Kier molecular flexibility index (Phi) is 6.06. The highest BCUT2D eigenvalue weighted by atomic mass is 32.2. The maximum Gasteiger partial charge on any atom is 0.288 e. The van der Waals surface area contributed by atoms with Crippen LogP contribution in [0.2, 0.25) is 0 Å². The Bertz CT molecular complexity index is 982. The number of thiophene rings is 1. The molecule has 8 heteroatoms. The largest absolute Gasteiger partial charge is 0.456 e. The van der Waals surface area contributed by atoms with Gasteiger partial charge >= 0.3 is 0 Å². The van der Waals surface area contributed by atoms with Gasteiger partial charge in [-0.2, -0.15) is 14.0 Å². The molecule has 136 valence electrons. The topological polar surface area (TPSA) is 62.1 Å². The Morgan fingerprint density at radius 3 is 2.59 bits per heavy atom. The molecule has 4 nitrogen and oxygen atoms in total. The van der Waals surface area contributed by atoms with Crippen molar-refractivity contribution in [2.24, 2.45) is 0 Å². The maximum absolute atomic E-state index is 12.5. The van der Waals surface area contributed by atoms with E-state index in [2.05, 4.69) is 11.4 Å². The highest BCUT2D eigenvalue weighted by Crippen LogP contribution is 2.32. The lowest BCUT2D eigenvalue weighted by atomic mass is 10.2. The molecule has 0 saturated heterocycles. The Morgan fingerprint density at radius 1 is 1.15 bits per heavy atom. The summed E-state index contributed by atoms with van der Waals surface area (Å²) in [6.07, 6.45) is 0. The van der Waals surface area contributed by atoms with E-state index in [1.54, 1.807) is 53.9 Å². The number of hydrogen-bond acceptors (Lipinski definition) is 5. The van der Waals surface area contributed by atoms with Crippen molar-refractivity contribution in [1.29, 1.82) is 5.26 Å². The first-order valence-corrected chi connectivity index (χ1v) is 9.43. The van der Waals surface area contributed by atoms with Gasteiger partial charge in [0.1, 0.15) is 22.4 Å². The number of thioether (sulfide) groups is 1. The Balaban J connectivity index is 1.68. The average molecular weight is 402 g/mol. The lowest BCUT2D eigenvalue weighted by molar-refractivity contribution is 0.102. The molecule has 2 aromatic carbocycles. The van der Waals surface area contributed by atoms with Gasteiger partial charge in [0.25, 0.3) is 11.7 Å². The van der Waals surface area contributed by atoms with Crippen LogP contribution in [-0.2, 0) is 0 Å². The number of amides is 1. The third-order valence-corrected chi connectivity index (χ3v) is 5.21. The van der Waals surface area contributed by atoms with Crippen molar-refractivity contribution >= 4 is 34.7 Å². The molecule has 0 spiro atoms. The van der Waals surface area contributed by atoms with Gasteiger partial charge in [-0.25, -0.2) is 0 Å². The summed E-state index contributed by atoms with van der Waals surface area (Å²) >= 11 is 1.45. The van der Waals surface area contributed by atoms with Gasteiger partial charge in [0, 0.05) is 10.6 Å². The number of ether oxygens (including phenoxy) is 1. The number of carbonyl (C=O) groups excluding carboxylic acids is 1. The van der Waals surface area contributed by atoms with E-state index in [4.69, 9.17) is 10.00 Å². The lowest BCUT2D eigenvalue weighted by Gasteiger charge is -2.09. The van der Waals surface area contributed by atoms with Gasteiger partial charge in [-0.05, 0) is 47.8 Å². The van der Waals surface area contributed by atoms with Crippen molar-refractivity contribution in [3.63, 3.8) is 0 Å². The van der Waals surface area contributed by atoms with Gasteiger partial charge in [0.05, 0.1) is 5.56 Å². The first-order chi connectivity index (χ1) is 13.1. The number of nitriles is 1. The molecule has 0 aliphatic heterocycles. The summed E-state index contributed by atoms with van der Waals surface area (Å²) in [7, 11) is 0. The number of halogens is 2. The van der Waals surface area contributed by atoms with Gasteiger partial charge in [0.15, 0.2) is 0 Å². The molecular weight excluding hydrogens is 390 g/mol. The number of alkyl halides is 2. The van der Waals surface area contributed by atoms with Gasteiger partial charge < -0.3 is 10.1 Å². The monoisotopic (exact) mass is 402 g/mol. The molecular formula is C19H12F2N2O2S2. The quantitative estimate of drug-likeness (QED) is 0.515. The predicted octanol–water partition coefficient (Wildman–Crippen LogP) is 5.98. The fraction of sp³-hybridized carbons (Fsp3) is 0.0526. The predicted molar refractivity (Wildman–Crippen MR) is 102 cm³/mol. The second-order valence-corrected chi connectivity index (χ2v) is 7.13. The number of nitrogens with one attached hydrogen (secondary N) is 1. The minimum atomic E-state index is -2.58. The van der Waals surface area contributed by atoms with Crippen molar-refractivity contribution in [2.45, 2.75) is 10.7 Å². The Labute approximate surface area is 162 Å². The SMILES string of the molecule is N#Cc1ccccc1Oc1ccc(NC(=O)c2sccc2SC(F)F)cc1. The number of carbonyl (C=O) groups is 1. The maximum atomic E-state index is 12.5. The molecule has 1 N–H and O–H groups in total. The number of nitrogens with zero attached hydrogens (tertiary/aromatic N) is 1. The van der Waals surface area contributed by atoms with Crippen molar-refractivity contribution in [2.75, 3.05) is 5.32 Å². The van der Waals surface area contributed by atoms with Crippen LogP contribution in [0.5, 0.6) is 11.5 Å². The summed E-state index contributed by atoms with van der Waals surface area (Å²) < 4.78 is 30.8. The summed E-state index contributed by atoms with van der Waals surface area (Å²) in [5, 5.41) is 13.4. The molecule has 0 bridgehead atoms. The molecule has 1 amide bonds. The molecule has 3 rings (SSSR count). The zero-order valence-electron chi connectivity index (χ0n) is 13.7. The van der Waals surface area contributed by atoms with Crippen LogP contribution in [0.15, 0.2) is 64.9 Å². The second-order valence-electron chi connectivity index (χ2n) is 5.18. The van der Waals surface area contributed by atoms with E-state index < -0.39 is 11.7 Å². The summed E-state index contributed by atoms with van der Waals surface area (Å²) in [5.74, 6) is -2.10. The zero-order valence-corrected chi connectivity index (χ0v) is 15.3. The van der Waals surface area contributed by atoms with E-state index in [1.807, 2.05) is 0 Å². The number of para-hydroxylation sites is 1. The van der Waals surface area contributed by atoms with Crippen molar-refractivity contribution in [3.8, 4) is 17.6 Å². The van der Waals surface area contributed by atoms with E-state index in [0.29, 0.717) is 34.5 Å². The molecule has 0 fully saturated rings. The molecule has 27 heavy (non-hydrogen) atoms. The molecule has 0 radical (unpaired) electrons. The smallest absolute Gasteiger partial charge is 0.288 e. The number of hydrogen-bond donors (Lipinski definition) is 1. The van der Waals surface area contributed by atoms with E-state index >= 15 is 0 Å². The highest BCUT2D eigenvalue weighted by Gasteiger charge is 2.17. The summed E-state index contributed by atoms with van der Waals surface area (Å²) in [5.41, 5.74) is 0.916. The van der Waals surface area contributed by atoms with Crippen LogP contribution in [0.4, 0.5) is 14.5 Å². The molecule has 0 aliphatic carbocycles. The fourth-order valence-corrected chi connectivity index (χ4v) is 3.82. The van der Waals surface area contributed by atoms with Crippen LogP contribution >= 0.6 is 23.1 Å². The molecule has 1 aromatic heterocycles. The van der Waals surface area contributed by atoms with Crippen LogP contribution in [0.1, 0.15) is 15.2 Å². The van der Waals surface area contributed by atoms with Crippen LogP contribution < -0.4 is 10.1 Å². The first-order valence-electron chi connectivity index (χ1n) is 7.67. The second kappa shape index (κ2) is 8.66. The minimum absolute atomic E-state index is 0.239. The molecule has 0 saturated carbocycles. The Hall–Kier alpha value is -2.89. The van der Waals surface area contributed by atoms with Crippen molar-refractivity contribution < 1.29 is 18.3 Å². The normalized spacial score (nSPS) is 10.4. The van der Waals surface area contributed by atoms with Gasteiger partial charge in [-0.1, -0.05) is 23.9 Å². The number of anilines is 1. The molecule has 0 unspecified atom stereocenters. The highest BCUT2D eigenvalue weighted by molar-refractivity contribution is 7.99. The number of rotatable bonds is 6. The van der Waals surface area contributed by atoms with Crippen LogP contribution in [0.25, 0.3) is 0 Å². The minimum Gasteiger partial charge on any atom is -0.456 e. The van der Waals surface area contributed by atoms with E-state index in [1.165, 1.54) is 6.07 Å². The van der Waals surface area contributed by atoms with E-state index in [9.17, 15) is 13.6 Å². The third-order valence-electron chi connectivity index (χ3n) is 3.40. The van der Waals surface area contributed by atoms with Gasteiger partial charge in [0.2, 0.25) is 0 Å². The van der Waals surface area contributed by atoms with Gasteiger partial charge in [-0.15, -0.1) is 11.3 Å². The third kappa shape index (κ3) is 4.84. The molecule has 0 aliphatic rings. The fourth-order valence-electron chi connectivity index (χ4n) is 2.22. The van der Waals surface area contributed by atoms with E-state index in [-0.39, 0.29) is 9.77 Å². The van der Waals surface area contributed by atoms with E-state index in [0.717, 1.165) is 11.3 Å². The molecule has 0 atom stereocenters. The lowest BCUT2D eigenvalue weighted by Crippen LogP contribution is -2.11. The summed E-state index contributed by atoms with van der Waals surface area (Å²) in [6.45, 7) is 0. The van der Waals surface area contributed by atoms with Crippen LogP contribution in [-0.4, -0.2) is 11.7 Å². The van der Waals surface area contributed by atoms with Crippen LogP contribution in [0, 0.1) is 11.3 Å². The standard InChI is InChI=1S/C19H12F2N2O2S2/c20-19(21)27-16-9-10-26-17(16)18(24)23-13-5-7-14(8-6-13)25-15-4-2-1-3-12(15)11-22/h1-10,19H,(H,23,24). The number of benzene rings is 2. The van der Waals surface area contributed by atoms with Crippen molar-refractivity contribution in [1.82, 2.24) is 0 Å². The average Bonchev–Trinajstić information content (AvgIpc) is 3.11. The molecule has 3 aromatic rings. The summed E-state index contributed by atoms with van der Waals surface area (Å²) in [4.78, 5) is 12.8. The van der Waals surface area contributed by atoms with Crippen molar-refractivity contribution in [3.05, 3.63) is 70.4 Å². The Morgan fingerprint density at radius 2 is 1.89 bits per heavy atom. The van der Waals surface area contributed by atoms with Crippen LogP contribution in [0.3, 0.4) is 0 Å². The molecule has 1 heterocycles. The first kappa shape index (κ1) is 18.9. The zero-order chi connectivity index (χ0) is 19.2. The van der Waals surface area contributed by atoms with Gasteiger partial charge in [-0.3, -0.25) is 4.79 Å².